The third-order valence-corrected chi connectivity index (χ3v) is 3.92. The van der Waals surface area contributed by atoms with Crippen molar-refractivity contribution >= 4 is 17.3 Å². The fourth-order valence-electron chi connectivity index (χ4n) is 2.69. The second kappa shape index (κ2) is 9.23. The van der Waals surface area contributed by atoms with E-state index in [2.05, 4.69) is 52.6 Å². The smallest absolute Gasteiger partial charge is 0.136 e. The summed E-state index contributed by atoms with van der Waals surface area (Å²) in [6.45, 7) is 7.83. The highest BCUT2D eigenvalue weighted by atomic mass is 16.5. The summed E-state index contributed by atoms with van der Waals surface area (Å²) in [4.78, 5) is 8.99. The van der Waals surface area contributed by atoms with E-state index in [-0.39, 0.29) is 0 Å². The molecule has 0 radical (unpaired) electrons. The minimum absolute atomic E-state index is 0.742. The van der Waals surface area contributed by atoms with Crippen molar-refractivity contribution in [3.05, 3.63) is 41.2 Å². The fourth-order valence-corrected chi connectivity index (χ4v) is 2.69. The summed E-state index contributed by atoms with van der Waals surface area (Å²) < 4.78 is 5.07. The standard InChI is InChI=1S/C19H28N4O/c1-5-15-9-7-10-16(6-2)19(15)23-18-13-17(21-14(3)22-18)20-11-8-12-24-4/h7,9-10,13H,5-6,8,11-12H2,1-4H3,(H2,20,21,22,23). The number of ether oxygens (including phenoxy) is 1. The zero-order valence-corrected chi connectivity index (χ0v) is 15.1. The SMILES string of the molecule is CCc1cccc(CC)c1Nc1cc(NCCCOC)nc(C)n1. The zero-order valence-electron chi connectivity index (χ0n) is 15.1. The van der Waals surface area contributed by atoms with Crippen LogP contribution >= 0.6 is 0 Å². The molecule has 0 amide bonds. The number of nitrogens with zero attached hydrogens (tertiary/aromatic N) is 2. The zero-order chi connectivity index (χ0) is 17.4. The number of para-hydroxylation sites is 1. The first-order valence-corrected chi connectivity index (χ1v) is 8.64. The number of methoxy groups -OCH3 is 1. The molecule has 0 atom stereocenters. The Morgan fingerprint density at radius 2 is 1.71 bits per heavy atom. The monoisotopic (exact) mass is 328 g/mol. The van der Waals surface area contributed by atoms with Crippen LogP contribution in [-0.4, -0.2) is 30.2 Å². The number of hydrogen-bond donors (Lipinski definition) is 2. The highest BCUT2D eigenvalue weighted by Gasteiger charge is 2.09. The summed E-state index contributed by atoms with van der Waals surface area (Å²) in [6.07, 6.45) is 2.92. The highest BCUT2D eigenvalue weighted by molar-refractivity contribution is 5.66. The van der Waals surface area contributed by atoms with Crippen molar-refractivity contribution < 1.29 is 4.74 Å². The van der Waals surface area contributed by atoms with Crippen LogP contribution < -0.4 is 10.6 Å². The molecule has 1 aromatic heterocycles. The van der Waals surface area contributed by atoms with E-state index in [1.165, 1.54) is 16.8 Å². The maximum absolute atomic E-state index is 5.07. The van der Waals surface area contributed by atoms with Crippen LogP contribution in [0.4, 0.5) is 17.3 Å². The molecule has 0 spiro atoms. The molecule has 0 aliphatic heterocycles. The quantitative estimate of drug-likeness (QED) is 0.679. The predicted molar refractivity (Wildman–Crippen MR) is 100 cm³/mol. The predicted octanol–water partition coefficient (Wildman–Crippen LogP) is 4.10. The molecular formula is C19H28N4O. The van der Waals surface area contributed by atoms with Crippen molar-refractivity contribution in [2.75, 3.05) is 30.9 Å². The molecule has 2 N–H and O–H groups in total. The number of aromatic nitrogens is 2. The van der Waals surface area contributed by atoms with Crippen LogP contribution in [0, 0.1) is 6.92 Å². The largest absolute Gasteiger partial charge is 0.385 e. The van der Waals surface area contributed by atoms with Crippen molar-refractivity contribution in [3.8, 4) is 0 Å². The molecule has 5 nitrogen and oxygen atoms in total. The maximum atomic E-state index is 5.07. The highest BCUT2D eigenvalue weighted by Crippen LogP contribution is 2.26. The Kier molecular flexibility index (Phi) is 7.00. The first-order chi connectivity index (χ1) is 11.7. The van der Waals surface area contributed by atoms with Gasteiger partial charge >= 0.3 is 0 Å². The van der Waals surface area contributed by atoms with Crippen molar-refractivity contribution in [2.24, 2.45) is 0 Å². The van der Waals surface area contributed by atoms with E-state index in [4.69, 9.17) is 4.74 Å². The van der Waals surface area contributed by atoms with Crippen molar-refractivity contribution in [1.29, 1.82) is 0 Å². The molecule has 0 saturated heterocycles. The Balaban J connectivity index is 2.19. The second-order valence-electron chi connectivity index (χ2n) is 5.74. The van der Waals surface area contributed by atoms with Crippen LogP contribution in [0.2, 0.25) is 0 Å². The van der Waals surface area contributed by atoms with Gasteiger partial charge in [0.2, 0.25) is 0 Å². The summed E-state index contributed by atoms with van der Waals surface area (Å²) in [5.74, 6) is 2.42. The molecule has 5 heteroatoms. The normalized spacial score (nSPS) is 10.7. The van der Waals surface area contributed by atoms with E-state index in [1.54, 1.807) is 7.11 Å². The van der Waals surface area contributed by atoms with E-state index in [9.17, 15) is 0 Å². The number of anilines is 3. The number of aryl methyl sites for hydroxylation is 3. The first-order valence-electron chi connectivity index (χ1n) is 8.64. The lowest BCUT2D eigenvalue weighted by Crippen LogP contribution is -2.09. The molecule has 0 aliphatic rings. The summed E-state index contributed by atoms with van der Waals surface area (Å²) in [5, 5.41) is 6.84. The van der Waals surface area contributed by atoms with E-state index in [1.807, 2.05) is 13.0 Å². The fraction of sp³-hybridized carbons (Fsp3) is 0.474. The Hall–Kier alpha value is -2.14. The molecule has 0 saturated carbocycles. The molecular weight excluding hydrogens is 300 g/mol. The third kappa shape index (κ3) is 4.93. The summed E-state index contributed by atoms with van der Waals surface area (Å²) >= 11 is 0. The average molecular weight is 328 g/mol. The average Bonchev–Trinajstić information content (AvgIpc) is 2.58. The van der Waals surface area contributed by atoms with Gasteiger partial charge in [0.05, 0.1) is 0 Å². The van der Waals surface area contributed by atoms with Crippen molar-refractivity contribution in [3.63, 3.8) is 0 Å². The van der Waals surface area contributed by atoms with Gasteiger partial charge < -0.3 is 15.4 Å². The topological polar surface area (TPSA) is 59.1 Å². The van der Waals surface area contributed by atoms with Crippen molar-refractivity contribution in [1.82, 2.24) is 9.97 Å². The van der Waals surface area contributed by atoms with Crippen LogP contribution in [-0.2, 0) is 17.6 Å². The van der Waals surface area contributed by atoms with Gasteiger partial charge in [0, 0.05) is 32.0 Å². The van der Waals surface area contributed by atoms with E-state index < -0.39 is 0 Å². The van der Waals surface area contributed by atoms with Gasteiger partial charge in [-0.15, -0.1) is 0 Å². The molecule has 0 fully saturated rings. The molecule has 0 unspecified atom stereocenters. The number of nitrogens with one attached hydrogen (secondary N) is 2. The summed E-state index contributed by atoms with van der Waals surface area (Å²) in [5.41, 5.74) is 3.78. The van der Waals surface area contributed by atoms with E-state index in [0.717, 1.165) is 49.9 Å². The van der Waals surface area contributed by atoms with Gasteiger partial charge in [0.1, 0.15) is 17.5 Å². The van der Waals surface area contributed by atoms with Gasteiger partial charge in [-0.3, -0.25) is 0 Å². The van der Waals surface area contributed by atoms with Crippen LogP contribution in [0.5, 0.6) is 0 Å². The Bertz CT molecular complexity index is 636. The summed E-state index contributed by atoms with van der Waals surface area (Å²) in [7, 11) is 1.72. The maximum Gasteiger partial charge on any atom is 0.136 e. The van der Waals surface area contributed by atoms with Crippen LogP contribution in [0.25, 0.3) is 0 Å². The Labute approximate surface area is 144 Å². The molecule has 0 aliphatic carbocycles. The second-order valence-corrected chi connectivity index (χ2v) is 5.74. The molecule has 24 heavy (non-hydrogen) atoms. The summed E-state index contributed by atoms with van der Waals surface area (Å²) in [6, 6.07) is 8.42. The molecule has 1 heterocycles. The Morgan fingerprint density at radius 3 is 2.33 bits per heavy atom. The number of benzene rings is 1. The number of rotatable bonds is 9. The lowest BCUT2D eigenvalue weighted by molar-refractivity contribution is 0.198. The minimum atomic E-state index is 0.742. The van der Waals surface area contributed by atoms with Crippen molar-refractivity contribution in [2.45, 2.75) is 40.0 Å². The van der Waals surface area contributed by atoms with Gasteiger partial charge in [-0.1, -0.05) is 32.0 Å². The molecule has 130 valence electrons. The van der Waals surface area contributed by atoms with Gasteiger partial charge in [-0.05, 0) is 37.3 Å². The first kappa shape index (κ1) is 18.2. The van der Waals surface area contributed by atoms with Crippen LogP contribution in [0.15, 0.2) is 24.3 Å². The number of hydrogen-bond acceptors (Lipinski definition) is 5. The molecule has 0 bridgehead atoms. The molecule has 1 aromatic carbocycles. The van der Waals surface area contributed by atoms with E-state index in [0.29, 0.717) is 0 Å². The third-order valence-electron chi connectivity index (χ3n) is 3.92. The van der Waals surface area contributed by atoms with Gasteiger partial charge in [-0.25, -0.2) is 9.97 Å². The van der Waals surface area contributed by atoms with Gasteiger partial charge in [0.15, 0.2) is 0 Å². The Morgan fingerprint density at radius 1 is 1.04 bits per heavy atom. The van der Waals surface area contributed by atoms with E-state index >= 15 is 0 Å². The lowest BCUT2D eigenvalue weighted by atomic mass is 10.0. The van der Waals surface area contributed by atoms with Gasteiger partial charge in [-0.2, -0.15) is 0 Å². The molecule has 2 rings (SSSR count). The van der Waals surface area contributed by atoms with Crippen LogP contribution in [0.1, 0.15) is 37.2 Å². The molecule has 2 aromatic rings. The van der Waals surface area contributed by atoms with Crippen LogP contribution in [0.3, 0.4) is 0 Å². The lowest BCUT2D eigenvalue weighted by Gasteiger charge is -2.16. The van der Waals surface area contributed by atoms with Gasteiger partial charge in [0.25, 0.3) is 0 Å². The minimum Gasteiger partial charge on any atom is -0.385 e.